The van der Waals surface area contributed by atoms with Crippen molar-refractivity contribution in [1.82, 2.24) is 0 Å². The molecule has 1 saturated carbocycles. The fraction of sp³-hybridized carbons (Fsp3) is 0.900. The minimum Gasteiger partial charge on any atom is -0.303 e. The summed E-state index contributed by atoms with van der Waals surface area (Å²) >= 11 is 0. The highest BCUT2D eigenvalue weighted by Crippen LogP contribution is 2.46. The van der Waals surface area contributed by atoms with Crippen molar-refractivity contribution in [3.05, 3.63) is 0 Å². The third kappa shape index (κ3) is 2.75. The smallest absolute Gasteiger partial charge is 0.246 e. The number of aldehydes is 1. The molecule has 1 rings (SSSR count). The standard InChI is InChI=1S/C10H16F2O/c1-8-3-4-10(5-8,7-13)6-9(2,11)12/h7-8H,3-6H2,1-2H3. The van der Waals surface area contributed by atoms with E-state index >= 15 is 0 Å². The monoisotopic (exact) mass is 190 g/mol. The van der Waals surface area contributed by atoms with Crippen LogP contribution in [0.5, 0.6) is 0 Å². The van der Waals surface area contributed by atoms with E-state index in [2.05, 4.69) is 0 Å². The van der Waals surface area contributed by atoms with Gasteiger partial charge in [0.1, 0.15) is 6.29 Å². The third-order valence-electron chi connectivity index (χ3n) is 2.80. The van der Waals surface area contributed by atoms with Gasteiger partial charge in [0.15, 0.2) is 0 Å². The molecule has 2 unspecified atom stereocenters. The summed E-state index contributed by atoms with van der Waals surface area (Å²) in [6.45, 7) is 2.90. The number of carbonyl (C=O) groups is 1. The number of rotatable bonds is 3. The molecule has 0 heterocycles. The van der Waals surface area contributed by atoms with E-state index < -0.39 is 11.3 Å². The van der Waals surface area contributed by atoms with E-state index in [4.69, 9.17) is 0 Å². The Morgan fingerprint density at radius 2 is 2.23 bits per heavy atom. The lowest BCUT2D eigenvalue weighted by molar-refractivity contribution is -0.121. The van der Waals surface area contributed by atoms with E-state index in [1.54, 1.807) is 0 Å². The zero-order valence-corrected chi connectivity index (χ0v) is 8.15. The van der Waals surface area contributed by atoms with Crippen LogP contribution in [0.25, 0.3) is 0 Å². The van der Waals surface area contributed by atoms with Gasteiger partial charge in [0.25, 0.3) is 0 Å². The summed E-state index contributed by atoms with van der Waals surface area (Å²) in [5, 5.41) is 0. The number of carbonyl (C=O) groups excluding carboxylic acids is 1. The molecule has 0 aromatic heterocycles. The molecular weight excluding hydrogens is 174 g/mol. The lowest BCUT2D eigenvalue weighted by Gasteiger charge is -2.25. The van der Waals surface area contributed by atoms with Crippen LogP contribution in [-0.2, 0) is 4.79 Å². The van der Waals surface area contributed by atoms with Gasteiger partial charge in [0.2, 0.25) is 5.92 Å². The Kier molecular flexibility index (Phi) is 2.74. The highest BCUT2D eigenvalue weighted by molar-refractivity contribution is 5.60. The number of hydrogen-bond donors (Lipinski definition) is 0. The van der Waals surface area contributed by atoms with Crippen molar-refractivity contribution in [3.8, 4) is 0 Å². The van der Waals surface area contributed by atoms with E-state index in [1.807, 2.05) is 6.92 Å². The minimum atomic E-state index is -2.72. The molecule has 0 aliphatic heterocycles. The van der Waals surface area contributed by atoms with Crippen LogP contribution >= 0.6 is 0 Å². The molecule has 76 valence electrons. The Hall–Kier alpha value is -0.470. The fourth-order valence-corrected chi connectivity index (χ4v) is 2.36. The SMILES string of the molecule is CC1CCC(C=O)(CC(C)(F)F)C1. The molecule has 13 heavy (non-hydrogen) atoms. The molecule has 0 amide bonds. The number of alkyl halides is 2. The highest BCUT2D eigenvalue weighted by Gasteiger charge is 2.43. The topological polar surface area (TPSA) is 17.1 Å². The number of halogens is 2. The second kappa shape index (κ2) is 3.35. The van der Waals surface area contributed by atoms with Crippen molar-refractivity contribution in [2.24, 2.45) is 11.3 Å². The van der Waals surface area contributed by atoms with Crippen LogP contribution in [0.15, 0.2) is 0 Å². The maximum absolute atomic E-state index is 12.8. The van der Waals surface area contributed by atoms with Gasteiger partial charge in [-0.3, -0.25) is 0 Å². The first-order valence-electron chi connectivity index (χ1n) is 4.71. The van der Waals surface area contributed by atoms with Crippen molar-refractivity contribution in [2.75, 3.05) is 0 Å². The quantitative estimate of drug-likeness (QED) is 0.625. The summed E-state index contributed by atoms with van der Waals surface area (Å²) < 4.78 is 25.5. The largest absolute Gasteiger partial charge is 0.303 e. The summed E-state index contributed by atoms with van der Waals surface area (Å²) in [6.07, 6.45) is 2.61. The second-order valence-corrected chi connectivity index (χ2v) is 4.58. The van der Waals surface area contributed by atoms with Crippen molar-refractivity contribution in [3.63, 3.8) is 0 Å². The Morgan fingerprint density at radius 3 is 2.54 bits per heavy atom. The van der Waals surface area contributed by atoms with Gasteiger partial charge < -0.3 is 4.79 Å². The van der Waals surface area contributed by atoms with E-state index in [1.165, 1.54) is 0 Å². The lowest BCUT2D eigenvalue weighted by Crippen LogP contribution is -2.27. The molecule has 1 fully saturated rings. The highest BCUT2D eigenvalue weighted by atomic mass is 19.3. The van der Waals surface area contributed by atoms with Gasteiger partial charge in [0.05, 0.1) is 0 Å². The Bertz CT molecular complexity index is 198. The first-order valence-corrected chi connectivity index (χ1v) is 4.71. The van der Waals surface area contributed by atoms with Crippen molar-refractivity contribution < 1.29 is 13.6 Å². The molecule has 0 bridgehead atoms. The van der Waals surface area contributed by atoms with Crippen LogP contribution in [0.1, 0.15) is 39.5 Å². The van der Waals surface area contributed by atoms with E-state index in [0.717, 1.165) is 19.6 Å². The minimum absolute atomic E-state index is 0.284. The van der Waals surface area contributed by atoms with Gasteiger partial charge in [-0.15, -0.1) is 0 Å². The molecule has 1 aliphatic rings. The first kappa shape index (κ1) is 10.6. The molecule has 3 heteroatoms. The molecule has 0 saturated heterocycles. The summed E-state index contributed by atoms with van der Waals surface area (Å²) in [7, 11) is 0. The Labute approximate surface area is 77.5 Å². The van der Waals surface area contributed by atoms with Gasteiger partial charge in [-0.2, -0.15) is 0 Å². The summed E-state index contributed by atoms with van der Waals surface area (Å²) in [5.41, 5.74) is -0.738. The molecule has 0 aromatic carbocycles. The molecule has 1 aliphatic carbocycles. The van der Waals surface area contributed by atoms with Gasteiger partial charge in [-0.25, -0.2) is 8.78 Å². The van der Waals surface area contributed by atoms with E-state index in [-0.39, 0.29) is 6.42 Å². The fourth-order valence-electron chi connectivity index (χ4n) is 2.36. The van der Waals surface area contributed by atoms with E-state index in [0.29, 0.717) is 18.8 Å². The average Bonchev–Trinajstić information content (AvgIpc) is 2.29. The Morgan fingerprint density at radius 1 is 1.62 bits per heavy atom. The summed E-state index contributed by atoms with van der Waals surface area (Å²) in [5.74, 6) is -2.31. The summed E-state index contributed by atoms with van der Waals surface area (Å²) in [6, 6.07) is 0. The zero-order valence-electron chi connectivity index (χ0n) is 8.15. The molecule has 0 N–H and O–H groups in total. The van der Waals surface area contributed by atoms with E-state index in [9.17, 15) is 13.6 Å². The van der Waals surface area contributed by atoms with Crippen LogP contribution in [0.2, 0.25) is 0 Å². The molecule has 1 nitrogen and oxygen atoms in total. The van der Waals surface area contributed by atoms with Crippen molar-refractivity contribution in [2.45, 2.75) is 45.5 Å². The normalized spacial score (nSPS) is 34.9. The van der Waals surface area contributed by atoms with Crippen LogP contribution in [0.3, 0.4) is 0 Å². The zero-order chi connectivity index (χ0) is 10.1. The first-order chi connectivity index (χ1) is 5.87. The van der Waals surface area contributed by atoms with Gasteiger partial charge in [-0.05, 0) is 32.1 Å². The molecule has 0 spiro atoms. The summed E-state index contributed by atoms with van der Waals surface area (Å²) in [4.78, 5) is 10.8. The second-order valence-electron chi connectivity index (χ2n) is 4.58. The molecule has 2 atom stereocenters. The maximum atomic E-state index is 12.8. The van der Waals surface area contributed by atoms with Gasteiger partial charge in [-0.1, -0.05) is 6.92 Å². The van der Waals surface area contributed by atoms with Crippen molar-refractivity contribution in [1.29, 1.82) is 0 Å². The van der Waals surface area contributed by atoms with Crippen molar-refractivity contribution >= 4 is 6.29 Å². The predicted molar refractivity (Wildman–Crippen MR) is 46.8 cm³/mol. The predicted octanol–water partition coefficient (Wildman–Crippen LogP) is 3.04. The lowest BCUT2D eigenvalue weighted by atomic mass is 9.81. The molecular formula is C10H16F2O. The maximum Gasteiger partial charge on any atom is 0.246 e. The van der Waals surface area contributed by atoms with Gasteiger partial charge in [0, 0.05) is 11.8 Å². The number of hydrogen-bond acceptors (Lipinski definition) is 1. The van der Waals surface area contributed by atoms with Gasteiger partial charge >= 0.3 is 0 Å². The Balaban J connectivity index is 2.66. The van der Waals surface area contributed by atoms with Crippen LogP contribution in [0, 0.1) is 11.3 Å². The molecule has 0 radical (unpaired) electrons. The molecule has 0 aromatic rings. The van der Waals surface area contributed by atoms with Crippen LogP contribution in [-0.4, -0.2) is 12.2 Å². The van der Waals surface area contributed by atoms with Crippen LogP contribution < -0.4 is 0 Å². The van der Waals surface area contributed by atoms with Crippen LogP contribution in [0.4, 0.5) is 8.78 Å². The average molecular weight is 190 g/mol. The third-order valence-corrected chi connectivity index (χ3v) is 2.80.